The molecule has 0 radical (unpaired) electrons. The lowest BCUT2D eigenvalue weighted by atomic mass is 9.76. The number of ether oxygens (including phenoxy) is 3. The fraction of sp³-hybridized carbons (Fsp3) is 0.577. The van der Waals surface area contributed by atoms with Crippen LogP contribution in [-0.4, -0.2) is 25.1 Å². The summed E-state index contributed by atoms with van der Waals surface area (Å²) in [4.78, 5) is 12.4. The zero-order valence-electron chi connectivity index (χ0n) is 18.3. The monoisotopic (exact) mass is 410 g/mol. The van der Waals surface area contributed by atoms with E-state index < -0.39 is 0 Å². The van der Waals surface area contributed by atoms with Crippen molar-refractivity contribution in [3.63, 3.8) is 0 Å². The summed E-state index contributed by atoms with van der Waals surface area (Å²) in [5.41, 5.74) is 1.15. The Morgan fingerprint density at radius 1 is 1.07 bits per heavy atom. The number of fused-ring (bicyclic) bond motifs is 3. The molecule has 1 aromatic carbocycles. The fourth-order valence-electron chi connectivity index (χ4n) is 4.86. The van der Waals surface area contributed by atoms with Crippen LogP contribution in [0.3, 0.4) is 0 Å². The largest absolute Gasteiger partial charge is 0.494 e. The highest BCUT2D eigenvalue weighted by Crippen LogP contribution is 2.51. The van der Waals surface area contributed by atoms with Crippen molar-refractivity contribution >= 4 is 5.78 Å². The first-order valence-electron chi connectivity index (χ1n) is 11.7. The average molecular weight is 411 g/mol. The standard InChI is InChI=1S/C26H34O4/c1-3-5-13-28-20-9-7-18(8-10-20)26-24-16-19(27)15-22(24)23-17-21(29-14-6-4-2)11-12-25(23)30-26/h7,9-12,17-18,22,24,26H,3-6,8,13-16H2,1-2H3/t18?,22-,24-,26-/m0/s1. The Labute approximate surface area is 180 Å². The molecule has 1 heterocycles. The zero-order chi connectivity index (χ0) is 20.9. The first-order chi connectivity index (χ1) is 14.7. The number of hydrogen-bond acceptors (Lipinski definition) is 4. The van der Waals surface area contributed by atoms with Crippen LogP contribution in [0.4, 0.5) is 0 Å². The van der Waals surface area contributed by atoms with Gasteiger partial charge >= 0.3 is 0 Å². The van der Waals surface area contributed by atoms with Crippen molar-refractivity contribution in [1.82, 2.24) is 0 Å². The molecule has 0 amide bonds. The second kappa shape index (κ2) is 9.72. The second-order valence-corrected chi connectivity index (χ2v) is 8.77. The summed E-state index contributed by atoms with van der Waals surface area (Å²) in [5.74, 6) is 3.86. The van der Waals surface area contributed by atoms with Crippen molar-refractivity contribution in [3.05, 3.63) is 47.7 Å². The maximum atomic E-state index is 12.4. The van der Waals surface area contributed by atoms with E-state index in [1.54, 1.807) is 0 Å². The smallest absolute Gasteiger partial charge is 0.133 e. The quantitative estimate of drug-likeness (QED) is 0.471. The van der Waals surface area contributed by atoms with E-state index in [-0.39, 0.29) is 23.9 Å². The van der Waals surface area contributed by atoms with Crippen LogP contribution in [0.15, 0.2) is 42.2 Å². The number of allylic oxidation sites excluding steroid dienone is 2. The molecule has 4 heteroatoms. The van der Waals surface area contributed by atoms with Gasteiger partial charge in [0.25, 0.3) is 0 Å². The molecule has 3 aliphatic rings. The minimum Gasteiger partial charge on any atom is -0.494 e. The fourth-order valence-corrected chi connectivity index (χ4v) is 4.86. The number of hydrogen-bond donors (Lipinski definition) is 0. The summed E-state index contributed by atoms with van der Waals surface area (Å²) in [6.07, 6.45) is 13.0. The van der Waals surface area contributed by atoms with E-state index in [0.29, 0.717) is 18.6 Å². The predicted molar refractivity (Wildman–Crippen MR) is 118 cm³/mol. The molecule has 0 N–H and O–H groups in total. The number of Topliss-reactive ketones (excluding diaryl/α,β-unsaturated/α-hetero) is 1. The van der Waals surface area contributed by atoms with Gasteiger partial charge in [0.1, 0.15) is 29.1 Å². The Morgan fingerprint density at radius 2 is 1.87 bits per heavy atom. The summed E-state index contributed by atoms with van der Waals surface area (Å²) in [6, 6.07) is 6.14. The van der Waals surface area contributed by atoms with Crippen LogP contribution >= 0.6 is 0 Å². The van der Waals surface area contributed by atoms with E-state index in [0.717, 1.165) is 68.1 Å². The van der Waals surface area contributed by atoms with Crippen LogP contribution in [0.1, 0.15) is 70.3 Å². The molecule has 0 aromatic heterocycles. The Hall–Kier alpha value is -2.23. The van der Waals surface area contributed by atoms with Gasteiger partial charge in [-0.1, -0.05) is 32.8 Å². The van der Waals surface area contributed by atoms with Gasteiger partial charge in [0.05, 0.1) is 13.2 Å². The Balaban J connectivity index is 1.48. The van der Waals surface area contributed by atoms with Crippen molar-refractivity contribution in [2.75, 3.05) is 13.2 Å². The third-order valence-electron chi connectivity index (χ3n) is 6.55. The zero-order valence-corrected chi connectivity index (χ0v) is 18.3. The average Bonchev–Trinajstić information content (AvgIpc) is 3.16. The van der Waals surface area contributed by atoms with E-state index in [1.165, 1.54) is 0 Å². The number of benzene rings is 1. The number of unbranched alkanes of at least 4 members (excludes halogenated alkanes) is 2. The van der Waals surface area contributed by atoms with E-state index in [2.05, 4.69) is 38.1 Å². The molecular formula is C26H34O4. The van der Waals surface area contributed by atoms with E-state index >= 15 is 0 Å². The van der Waals surface area contributed by atoms with Crippen molar-refractivity contribution in [3.8, 4) is 11.5 Å². The van der Waals surface area contributed by atoms with Crippen LogP contribution in [0.25, 0.3) is 0 Å². The van der Waals surface area contributed by atoms with Crippen LogP contribution in [0.2, 0.25) is 0 Å². The summed E-state index contributed by atoms with van der Waals surface area (Å²) < 4.78 is 18.3. The molecule has 4 atom stereocenters. The van der Waals surface area contributed by atoms with Crippen LogP contribution in [-0.2, 0) is 9.53 Å². The lowest BCUT2D eigenvalue weighted by Gasteiger charge is -2.39. The Bertz CT molecular complexity index is 809. The number of ketones is 1. The predicted octanol–water partition coefficient (Wildman–Crippen LogP) is 5.97. The highest BCUT2D eigenvalue weighted by atomic mass is 16.5. The first-order valence-corrected chi connectivity index (χ1v) is 11.7. The van der Waals surface area contributed by atoms with Crippen LogP contribution in [0.5, 0.6) is 11.5 Å². The van der Waals surface area contributed by atoms with Gasteiger partial charge < -0.3 is 14.2 Å². The summed E-state index contributed by atoms with van der Waals surface area (Å²) in [7, 11) is 0. The third-order valence-corrected chi connectivity index (χ3v) is 6.55. The number of carbonyl (C=O) groups is 1. The van der Waals surface area contributed by atoms with Crippen LogP contribution in [0, 0.1) is 11.8 Å². The maximum absolute atomic E-state index is 12.4. The maximum Gasteiger partial charge on any atom is 0.133 e. The molecule has 1 fully saturated rings. The summed E-state index contributed by atoms with van der Waals surface area (Å²) in [5, 5.41) is 0. The first kappa shape index (κ1) is 21.0. The van der Waals surface area contributed by atoms with Gasteiger partial charge in [-0.3, -0.25) is 4.79 Å². The van der Waals surface area contributed by atoms with E-state index in [4.69, 9.17) is 14.2 Å². The van der Waals surface area contributed by atoms with Gasteiger partial charge in [0.15, 0.2) is 0 Å². The normalized spacial score (nSPS) is 27.1. The van der Waals surface area contributed by atoms with Crippen molar-refractivity contribution in [1.29, 1.82) is 0 Å². The molecule has 0 saturated heterocycles. The van der Waals surface area contributed by atoms with Gasteiger partial charge in [0.2, 0.25) is 0 Å². The van der Waals surface area contributed by atoms with E-state index in [9.17, 15) is 4.79 Å². The second-order valence-electron chi connectivity index (χ2n) is 8.77. The molecule has 1 aromatic rings. The van der Waals surface area contributed by atoms with Crippen molar-refractivity contribution in [2.45, 2.75) is 70.8 Å². The molecule has 4 rings (SSSR count). The minimum absolute atomic E-state index is 0.0329. The molecule has 1 saturated carbocycles. The SMILES string of the molecule is CCCCOC1=CCC([C@@H]2Oc3ccc(OCCCC)cc3[C@@H]3CC(=O)C[C@@H]32)C=C1. The third kappa shape index (κ3) is 4.58. The summed E-state index contributed by atoms with van der Waals surface area (Å²) >= 11 is 0. The van der Waals surface area contributed by atoms with Crippen LogP contribution < -0.4 is 9.47 Å². The minimum atomic E-state index is 0.0329. The molecule has 2 aliphatic carbocycles. The molecular weight excluding hydrogens is 376 g/mol. The molecule has 0 bridgehead atoms. The highest BCUT2D eigenvalue weighted by molar-refractivity contribution is 5.83. The lowest BCUT2D eigenvalue weighted by molar-refractivity contribution is -0.117. The molecule has 1 unspecified atom stereocenters. The molecule has 1 aliphatic heterocycles. The number of rotatable bonds is 9. The van der Waals surface area contributed by atoms with Gasteiger partial charge in [-0.2, -0.15) is 0 Å². The topological polar surface area (TPSA) is 44.8 Å². The van der Waals surface area contributed by atoms with Gasteiger partial charge in [-0.25, -0.2) is 0 Å². The van der Waals surface area contributed by atoms with E-state index in [1.807, 2.05) is 12.1 Å². The Morgan fingerprint density at radius 3 is 2.60 bits per heavy atom. The highest BCUT2D eigenvalue weighted by Gasteiger charge is 2.47. The lowest BCUT2D eigenvalue weighted by Crippen LogP contribution is -2.39. The number of carbonyl (C=O) groups excluding carboxylic acids is 1. The molecule has 30 heavy (non-hydrogen) atoms. The molecule has 0 spiro atoms. The molecule has 162 valence electrons. The van der Waals surface area contributed by atoms with Gasteiger partial charge in [-0.15, -0.1) is 0 Å². The summed E-state index contributed by atoms with van der Waals surface area (Å²) in [6.45, 7) is 5.83. The van der Waals surface area contributed by atoms with Gasteiger partial charge in [0, 0.05) is 36.2 Å². The van der Waals surface area contributed by atoms with Gasteiger partial charge in [-0.05, 0) is 49.6 Å². The Kier molecular flexibility index (Phi) is 6.81. The van der Waals surface area contributed by atoms with Crippen molar-refractivity contribution < 1.29 is 19.0 Å². The van der Waals surface area contributed by atoms with Crippen molar-refractivity contribution in [2.24, 2.45) is 11.8 Å². The molecule has 4 nitrogen and oxygen atoms in total.